The molecule has 0 bridgehead atoms. The molecule has 1 fully saturated rings. The predicted octanol–water partition coefficient (Wildman–Crippen LogP) is 1.68. The Morgan fingerprint density at radius 1 is 1.44 bits per heavy atom. The molecule has 0 aliphatic carbocycles. The Labute approximate surface area is 109 Å². The number of hydrogen-bond donors (Lipinski definition) is 1. The fraction of sp³-hybridized carbons (Fsp3) is 0.333. The summed E-state index contributed by atoms with van der Waals surface area (Å²) in [5.41, 5.74) is 6.32. The van der Waals surface area contributed by atoms with Crippen molar-refractivity contribution in [1.29, 1.82) is 0 Å². The van der Waals surface area contributed by atoms with Crippen molar-refractivity contribution in [2.45, 2.75) is 18.9 Å². The average Bonchev–Trinajstić information content (AvgIpc) is 2.90. The number of amidine groups is 1. The normalized spacial score (nSPS) is 19.8. The van der Waals surface area contributed by atoms with Crippen LogP contribution in [0.15, 0.2) is 29.4 Å². The molecule has 0 saturated carbocycles. The number of nitrogens with zero attached hydrogens (tertiary/aromatic N) is 1. The molecule has 96 valence electrons. The van der Waals surface area contributed by atoms with Gasteiger partial charge >= 0.3 is 5.97 Å². The number of oxime groups is 1. The Morgan fingerprint density at radius 3 is 2.78 bits per heavy atom. The fourth-order valence-corrected chi connectivity index (χ4v) is 1.72. The van der Waals surface area contributed by atoms with Gasteiger partial charge < -0.3 is 15.3 Å². The zero-order valence-electron chi connectivity index (χ0n) is 9.64. The SMILES string of the molecule is NC(=NOC(=O)C1CCCO1)c1ccc(Cl)cc1. The summed E-state index contributed by atoms with van der Waals surface area (Å²) in [6.07, 6.45) is 0.998. The van der Waals surface area contributed by atoms with Crippen LogP contribution in [0.3, 0.4) is 0 Å². The Hall–Kier alpha value is -1.59. The van der Waals surface area contributed by atoms with Crippen LogP contribution in [0.2, 0.25) is 5.02 Å². The number of carbonyl (C=O) groups excluding carboxylic acids is 1. The maximum atomic E-state index is 11.5. The van der Waals surface area contributed by atoms with Gasteiger partial charge in [0.1, 0.15) is 0 Å². The van der Waals surface area contributed by atoms with Gasteiger partial charge in [-0.2, -0.15) is 0 Å². The minimum atomic E-state index is -0.522. The first kappa shape index (κ1) is 12.9. The molecule has 1 aliphatic heterocycles. The van der Waals surface area contributed by atoms with Crippen LogP contribution in [0.5, 0.6) is 0 Å². The third-order valence-corrected chi connectivity index (χ3v) is 2.82. The van der Waals surface area contributed by atoms with Crippen molar-refractivity contribution in [2.75, 3.05) is 6.61 Å². The summed E-state index contributed by atoms with van der Waals surface area (Å²) in [4.78, 5) is 16.2. The molecular weight excluding hydrogens is 256 g/mol. The molecule has 1 heterocycles. The van der Waals surface area contributed by atoms with Crippen molar-refractivity contribution >= 4 is 23.4 Å². The molecule has 1 unspecified atom stereocenters. The summed E-state index contributed by atoms with van der Waals surface area (Å²) in [7, 11) is 0. The van der Waals surface area contributed by atoms with E-state index in [9.17, 15) is 4.79 Å². The van der Waals surface area contributed by atoms with E-state index < -0.39 is 12.1 Å². The van der Waals surface area contributed by atoms with Crippen LogP contribution in [0, 0.1) is 0 Å². The molecule has 0 amide bonds. The fourth-order valence-electron chi connectivity index (χ4n) is 1.59. The van der Waals surface area contributed by atoms with Gasteiger partial charge in [0, 0.05) is 17.2 Å². The number of rotatable bonds is 3. The Bertz CT molecular complexity index is 453. The van der Waals surface area contributed by atoms with E-state index in [0.717, 1.165) is 6.42 Å². The average molecular weight is 269 g/mol. The summed E-state index contributed by atoms with van der Waals surface area (Å²) in [5.74, 6) is -0.387. The van der Waals surface area contributed by atoms with E-state index in [-0.39, 0.29) is 5.84 Å². The predicted molar refractivity (Wildman–Crippen MR) is 67.2 cm³/mol. The van der Waals surface area contributed by atoms with Crippen LogP contribution in [-0.4, -0.2) is 24.5 Å². The topological polar surface area (TPSA) is 73.9 Å². The van der Waals surface area contributed by atoms with Crippen LogP contribution in [0.1, 0.15) is 18.4 Å². The number of nitrogens with two attached hydrogens (primary N) is 1. The molecule has 2 N–H and O–H groups in total. The number of carbonyl (C=O) groups is 1. The summed E-state index contributed by atoms with van der Waals surface area (Å²) < 4.78 is 5.17. The highest BCUT2D eigenvalue weighted by atomic mass is 35.5. The molecule has 1 saturated heterocycles. The van der Waals surface area contributed by atoms with E-state index in [1.165, 1.54) is 0 Å². The number of ether oxygens (including phenoxy) is 1. The molecule has 2 rings (SSSR count). The molecule has 0 aromatic heterocycles. The minimum Gasteiger partial charge on any atom is -0.380 e. The first-order valence-corrected chi connectivity index (χ1v) is 5.96. The third kappa shape index (κ3) is 3.21. The molecule has 18 heavy (non-hydrogen) atoms. The van der Waals surface area contributed by atoms with Crippen molar-refractivity contribution in [3.8, 4) is 0 Å². The van der Waals surface area contributed by atoms with Crippen LogP contribution < -0.4 is 5.73 Å². The molecule has 0 radical (unpaired) electrons. The first-order valence-electron chi connectivity index (χ1n) is 5.58. The lowest BCUT2D eigenvalue weighted by molar-refractivity contribution is -0.154. The smallest absolute Gasteiger partial charge is 0.363 e. The van der Waals surface area contributed by atoms with Gasteiger partial charge in [-0.25, -0.2) is 4.79 Å². The lowest BCUT2D eigenvalue weighted by Crippen LogP contribution is -2.22. The van der Waals surface area contributed by atoms with E-state index in [2.05, 4.69) is 5.16 Å². The van der Waals surface area contributed by atoms with Gasteiger partial charge in [0.25, 0.3) is 0 Å². The monoisotopic (exact) mass is 268 g/mol. The van der Waals surface area contributed by atoms with E-state index in [4.69, 9.17) is 26.9 Å². The zero-order valence-corrected chi connectivity index (χ0v) is 10.4. The van der Waals surface area contributed by atoms with Crippen LogP contribution in [0.4, 0.5) is 0 Å². The van der Waals surface area contributed by atoms with Crippen LogP contribution in [0.25, 0.3) is 0 Å². The van der Waals surface area contributed by atoms with Crippen molar-refractivity contribution in [2.24, 2.45) is 10.9 Å². The van der Waals surface area contributed by atoms with Gasteiger partial charge in [-0.15, -0.1) is 0 Å². The van der Waals surface area contributed by atoms with E-state index >= 15 is 0 Å². The molecule has 0 spiro atoms. The van der Waals surface area contributed by atoms with E-state index in [0.29, 0.717) is 23.6 Å². The van der Waals surface area contributed by atoms with Crippen LogP contribution >= 0.6 is 11.6 Å². The highest BCUT2D eigenvalue weighted by Gasteiger charge is 2.25. The van der Waals surface area contributed by atoms with Crippen molar-refractivity contribution in [3.05, 3.63) is 34.9 Å². The maximum absolute atomic E-state index is 11.5. The Kier molecular flexibility index (Phi) is 4.17. The summed E-state index contributed by atoms with van der Waals surface area (Å²) >= 11 is 5.75. The lowest BCUT2D eigenvalue weighted by Gasteiger charge is -2.05. The lowest BCUT2D eigenvalue weighted by atomic mass is 10.2. The summed E-state index contributed by atoms with van der Waals surface area (Å²) in [6.45, 7) is 0.580. The number of halogens is 1. The zero-order chi connectivity index (χ0) is 13.0. The van der Waals surface area contributed by atoms with Gasteiger partial charge in [-0.05, 0) is 37.1 Å². The van der Waals surface area contributed by atoms with Crippen molar-refractivity contribution < 1.29 is 14.4 Å². The Balaban J connectivity index is 1.95. The summed E-state index contributed by atoms with van der Waals surface area (Å²) in [6, 6.07) is 6.75. The number of benzene rings is 1. The molecular formula is C12H13ClN2O3. The molecule has 5 nitrogen and oxygen atoms in total. The second-order valence-electron chi connectivity index (χ2n) is 3.90. The number of hydrogen-bond acceptors (Lipinski definition) is 4. The van der Waals surface area contributed by atoms with Crippen LogP contribution in [-0.2, 0) is 14.4 Å². The molecule has 6 heteroatoms. The van der Waals surface area contributed by atoms with Crippen molar-refractivity contribution in [1.82, 2.24) is 0 Å². The molecule has 1 aromatic rings. The molecule has 1 aliphatic rings. The quantitative estimate of drug-likeness (QED) is 0.392. The van der Waals surface area contributed by atoms with Gasteiger partial charge in [0.2, 0.25) is 0 Å². The summed E-state index contributed by atoms with van der Waals surface area (Å²) in [5, 5.41) is 4.19. The third-order valence-electron chi connectivity index (χ3n) is 2.57. The van der Waals surface area contributed by atoms with Gasteiger partial charge in [0.15, 0.2) is 11.9 Å². The van der Waals surface area contributed by atoms with Gasteiger partial charge in [-0.1, -0.05) is 16.8 Å². The van der Waals surface area contributed by atoms with E-state index in [1.807, 2.05) is 0 Å². The molecule has 1 atom stereocenters. The second kappa shape index (κ2) is 5.84. The van der Waals surface area contributed by atoms with Gasteiger partial charge in [-0.3, -0.25) is 0 Å². The second-order valence-corrected chi connectivity index (χ2v) is 4.33. The largest absolute Gasteiger partial charge is 0.380 e. The highest BCUT2D eigenvalue weighted by molar-refractivity contribution is 6.30. The van der Waals surface area contributed by atoms with Gasteiger partial charge in [0.05, 0.1) is 0 Å². The Morgan fingerprint density at radius 2 is 2.17 bits per heavy atom. The van der Waals surface area contributed by atoms with E-state index in [1.54, 1.807) is 24.3 Å². The molecule has 1 aromatic carbocycles. The maximum Gasteiger partial charge on any atom is 0.363 e. The minimum absolute atomic E-state index is 0.123. The standard InChI is InChI=1S/C12H13ClN2O3/c13-9-5-3-8(4-6-9)11(14)15-18-12(16)10-2-1-7-17-10/h3-6,10H,1-2,7H2,(H2,14,15). The van der Waals surface area contributed by atoms with Crippen molar-refractivity contribution in [3.63, 3.8) is 0 Å². The highest BCUT2D eigenvalue weighted by Crippen LogP contribution is 2.14. The first-order chi connectivity index (χ1) is 8.66.